The smallest absolute Gasteiger partial charge is 0.306 e. The van der Waals surface area contributed by atoms with Crippen molar-refractivity contribution in [2.45, 2.75) is 219 Å². The van der Waals surface area contributed by atoms with Gasteiger partial charge in [0, 0.05) is 19.3 Å². The molecule has 0 radical (unpaired) electrons. The summed E-state index contributed by atoms with van der Waals surface area (Å²) in [6, 6.07) is 0. The molecule has 0 unspecified atom stereocenters. The Balaban J connectivity index is 4.60. The van der Waals surface area contributed by atoms with Gasteiger partial charge in [0.05, 0.1) is 0 Å². The molecule has 0 rings (SSSR count). The second-order valence-corrected chi connectivity index (χ2v) is 16.7. The summed E-state index contributed by atoms with van der Waals surface area (Å²) < 4.78 is 16.7. The highest BCUT2D eigenvalue weighted by atomic mass is 16.6. The minimum atomic E-state index is -0.841. The summed E-state index contributed by atoms with van der Waals surface area (Å²) in [5, 5.41) is 0. The largest absolute Gasteiger partial charge is 0.462 e. The molecule has 0 aromatic rings. The Labute approximate surface area is 399 Å². The van der Waals surface area contributed by atoms with E-state index in [9.17, 15) is 14.4 Å². The Hall–Kier alpha value is -4.19. The first-order valence-corrected chi connectivity index (χ1v) is 26.0. The first-order chi connectivity index (χ1) is 32.0. The van der Waals surface area contributed by atoms with Crippen LogP contribution in [0.2, 0.25) is 0 Å². The van der Waals surface area contributed by atoms with Crippen LogP contribution in [-0.4, -0.2) is 37.2 Å². The van der Waals surface area contributed by atoms with Gasteiger partial charge in [0.2, 0.25) is 0 Å². The van der Waals surface area contributed by atoms with E-state index in [0.29, 0.717) is 19.3 Å². The molecule has 0 aliphatic rings. The number of unbranched alkanes of at least 4 members (excludes halogenated alkanes) is 14. The summed E-state index contributed by atoms with van der Waals surface area (Å²) in [5.41, 5.74) is 0. The van der Waals surface area contributed by atoms with Gasteiger partial charge in [-0.25, -0.2) is 0 Å². The van der Waals surface area contributed by atoms with Crippen LogP contribution in [0.3, 0.4) is 0 Å². The molecular weight excluding hydrogens is 805 g/mol. The number of carbonyl (C=O) groups is 3. The van der Waals surface area contributed by atoms with Crippen molar-refractivity contribution in [1.82, 2.24) is 0 Å². The van der Waals surface area contributed by atoms with E-state index in [1.54, 1.807) is 0 Å². The van der Waals surface area contributed by atoms with E-state index in [1.807, 2.05) is 12.2 Å². The third kappa shape index (κ3) is 50.7. The van der Waals surface area contributed by atoms with Crippen LogP contribution in [0.25, 0.3) is 0 Å². The molecule has 0 amide bonds. The standard InChI is InChI=1S/C59H94O6/c1-4-7-10-13-16-19-22-24-26-28-29-31-33-35-38-41-44-47-50-53-59(62)65-56(54-63-57(60)51-48-45-42-39-36-21-18-15-12-9-6-3)55-64-58(61)52-49-46-43-40-37-34-32-30-27-25-23-20-17-14-11-8-5-2/h7,10,16-17,19-20,24-27,29,31-32,34-35,38,40,43-44,47,56H,4-6,8-9,11-15,18,21-23,28,30,33,36-37,39,41-42,45-46,48-55H2,1-3H3/b10-7-,19-16-,20-17-,26-24-,27-25-,31-29-,34-32-,38-35-,43-40-,47-44-/t56-/m0/s1. The molecule has 0 bridgehead atoms. The number of carbonyl (C=O) groups excluding carboxylic acids is 3. The highest BCUT2D eigenvalue weighted by molar-refractivity contribution is 5.71. The van der Waals surface area contributed by atoms with Crippen LogP contribution in [0.4, 0.5) is 0 Å². The molecule has 0 N–H and O–H groups in total. The molecular formula is C59H94O6. The van der Waals surface area contributed by atoms with Crippen molar-refractivity contribution in [3.63, 3.8) is 0 Å². The fourth-order valence-corrected chi connectivity index (χ4v) is 6.58. The monoisotopic (exact) mass is 899 g/mol. The van der Waals surface area contributed by atoms with Gasteiger partial charge in [-0.3, -0.25) is 14.4 Å². The van der Waals surface area contributed by atoms with Crippen molar-refractivity contribution < 1.29 is 28.6 Å². The average Bonchev–Trinajstić information content (AvgIpc) is 3.30. The first-order valence-electron chi connectivity index (χ1n) is 26.0. The summed E-state index contributed by atoms with van der Waals surface area (Å²) >= 11 is 0. The van der Waals surface area contributed by atoms with Crippen LogP contribution >= 0.6 is 0 Å². The summed E-state index contributed by atoms with van der Waals surface area (Å²) in [4.78, 5) is 37.9. The maximum Gasteiger partial charge on any atom is 0.306 e. The number of rotatable bonds is 45. The number of allylic oxidation sites excluding steroid dienone is 20. The lowest BCUT2D eigenvalue weighted by Crippen LogP contribution is -2.30. The van der Waals surface area contributed by atoms with Crippen LogP contribution in [0.15, 0.2) is 122 Å². The molecule has 0 aliphatic heterocycles. The van der Waals surface area contributed by atoms with Crippen molar-refractivity contribution in [2.75, 3.05) is 13.2 Å². The van der Waals surface area contributed by atoms with Gasteiger partial charge in [-0.1, -0.05) is 219 Å². The Morgan fingerprint density at radius 1 is 0.323 bits per heavy atom. The molecule has 6 heteroatoms. The highest BCUT2D eigenvalue weighted by Crippen LogP contribution is 2.13. The number of esters is 3. The van der Waals surface area contributed by atoms with Gasteiger partial charge in [0.15, 0.2) is 6.10 Å². The fourth-order valence-electron chi connectivity index (χ4n) is 6.58. The fraction of sp³-hybridized carbons (Fsp3) is 0.610. The molecule has 0 spiro atoms. The lowest BCUT2D eigenvalue weighted by molar-refractivity contribution is -0.166. The predicted molar refractivity (Wildman–Crippen MR) is 279 cm³/mol. The predicted octanol–water partition coefficient (Wildman–Crippen LogP) is 17.3. The van der Waals surface area contributed by atoms with Crippen molar-refractivity contribution in [1.29, 1.82) is 0 Å². The van der Waals surface area contributed by atoms with Gasteiger partial charge in [0.25, 0.3) is 0 Å². The molecule has 65 heavy (non-hydrogen) atoms. The van der Waals surface area contributed by atoms with E-state index in [2.05, 4.69) is 130 Å². The van der Waals surface area contributed by atoms with Gasteiger partial charge in [-0.05, 0) is 96.3 Å². The molecule has 1 atom stereocenters. The zero-order chi connectivity index (χ0) is 47.2. The summed E-state index contributed by atoms with van der Waals surface area (Å²) in [6.07, 6.45) is 72.0. The van der Waals surface area contributed by atoms with Crippen LogP contribution in [0.5, 0.6) is 0 Å². The molecule has 0 aromatic heterocycles. The third-order valence-corrected chi connectivity index (χ3v) is 10.5. The molecule has 0 aromatic carbocycles. The summed E-state index contributed by atoms with van der Waals surface area (Å²) in [6.45, 7) is 6.36. The van der Waals surface area contributed by atoms with Gasteiger partial charge in [0.1, 0.15) is 13.2 Å². The first kappa shape index (κ1) is 60.8. The van der Waals surface area contributed by atoms with Crippen molar-refractivity contribution in [3.8, 4) is 0 Å². The van der Waals surface area contributed by atoms with E-state index in [0.717, 1.165) is 83.5 Å². The van der Waals surface area contributed by atoms with E-state index in [-0.39, 0.29) is 38.0 Å². The van der Waals surface area contributed by atoms with Crippen LogP contribution in [0, 0.1) is 0 Å². The zero-order valence-corrected chi connectivity index (χ0v) is 41.7. The van der Waals surface area contributed by atoms with Gasteiger partial charge in [-0.15, -0.1) is 0 Å². The van der Waals surface area contributed by atoms with Crippen molar-refractivity contribution >= 4 is 17.9 Å². The Kier molecular flexibility index (Phi) is 49.1. The summed E-state index contributed by atoms with van der Waals surface area (Å²) in [7, 11) is 0. The topological polar surface area (TPSA) is 78.9 Å². The molecule has 0 fully saturated rings. The van der Waals surface area contributed by atoms with E-state index >= 15 is 0 Å². The minimum Gasteiger partial charge on any atom is -0.462 e. The highest BCUT2D eigenvalue weighted by Gasteiger charge is 2.19. The van der Waals surface area contributed by atoms with Crippen LogP contribution < -0.4 is 0 Å². The number of ether oxygens (including phenoxy) is 3. The maximum absolute atomic E-state index is 12.8. The normalized spacial score (nSPS) is 13.1. The van der Waals surface area contributed by atoms with Crippen LogP contribution in [0.1, 0.15) is 213 Å². The Morgan fingerprint density at radius 2 is 0.646 bits per heavy atom. The quantitative estimate of drug-likeness (QED) is 0.0262. The minimum absolute atomic E-state index is 0.127. The average molecular weight is 899 g/mol. The van der Waals surface area contributed by atoms with E-state index in [1.165, 1.54) is 77.0 Å². The lowest BCUT2D eigenvalue weighted by atomic mass is 10.1. The van der Waals surface area contributed by atoms with Gasteiger partial charge < -0.3 is 14.2 Å². The second kappa shape index (κ2) is 52.4. The van der Waals surface area contributed by atoms with Crippen LogP contribution in [-0.2, 0) is 28.6 Å². The molecule has 0 heterocycles. The van der Waals surface area contributed by atoms with E-state index in [4.69, 9.17) is 14.2 Å². The Morgan fingerprint density at radius 3 is 1.06 bits per heavy atom. The summed E-state index contributed by atoms with van der Waals surface area (Å²) in [5.74, 6) is -1.08. The molecule has 0 saturated carbocycles. The maximum atomic E-state index is 12.8. The Bertz CT molecular complexity index is 1400. The molecule has 0 saturated heterocycles. The zero-order valence-electron chi connectivity index (χ0n) is 41.7. The van der Waals surface area contributed by atoms with Gasteiger partial charge in [-0.2, -0.15) is 0 Å². The van der Waals surface area contributed by atoms with E-state index < -0.39 is 12.1 Å². The van der Waals surface area contributed by atoms with Crippen molar-refractivity contribution in [3.05, 3.63) is 122 Å². The molecule has 6 nitrogen and oxygen atoms in total. The third-order valence-electron chi connectivity index (χ3n) is 10.5. The van der Waals surface area contributed by atoms with Gasteiger partial charge >= 0.3 is 17.9 Å². The van der Waals surface area contributed by atoms with Crippen molar-refractivity contribution in [2.24, 2.45) is 0 Å². The SMILES string of the molecule is CC/C=C\C/C=C\C/C=C\C/C=C\C/C=C\C/C=C\CCC(=O)O[C@H](COC(=O)CCC/C=C\C/C=C\C/C=C\C/C=C\CCCCC)COC(=O)CCCCCCCCCCCCC. The lowest BCUT2D eigenvalue weighted by Gasteiger charge is -2.18. The molecule has 0 aliphatic carbocycles. The number of hydrogen-bond donors (Lipinski definition) is 0. The molecule has 366 valence electrons. The second-order valence-electron chi connectivity index (χ2n) is 16.7. The number of hydrogen-bond acceptors (Lipinski definition) is 6.